The van der Waals surface area contributed by atoms with Crippen LogP contribution in [-0.4, -0.2) is 18.6 Å². The van der Waals surface area contributed by atoms with Gasteiger partial charge in [-0.3, -0.25) is 4.79 Å². The Morgan fingerprint density at radius 2 is 1.89 bits per heavy atom. The third-order valence-corrected chi connectivity index (χ3v) is 2.90. The molecule has 1 amide bonds. The molecule has 0 heterocycles. The minimum Gasteiger partial charge on any atom is -0.369 e. The summed E-state index contributed by atoms with van der Waals surface area (Å²) in [5.41, 5.74) is 1.12. The Bertz CT molecular complexity index is 558. The van der Waals surface area contributed by atoms with E-state index in [9.17, 15) is 4.79 Å². The Morgan fingerprint density at radius 1 is 1.16 bits per heavy atom. The molecule has 0 radical (unpaired) electrons. The maximum absolute atomic E-state index is 11.6. The van der Waals surface area contributed by atoms with E-state index in [4.69, 9.17) is 4.74 Å². The lowest BCUT2D eigenvalue weighted by Gasteiger charge is -2.10. The Hall–Kier alpha value is -1.87. The lowest BCUT2D eigenvalue weighted by molar-refractivity contribution is -0.127. The molecule has 3 heteroatoms. The van der Waals surface area contributed by atoms with Gasteiger partial charge in [0.1, 0.15) is 6.61 Å². The molecule has 0 saturated heterocycles. The monoisotopic (exact) mass is 257 g/mol. The van der Waals surface area contributed by atoms with E-state index in [-0.39, 0.29) is 18.6 Å². The van der Waals surface area contributed by atoms with Gasteiger partial charge in [0.15, 0.2) is 0 Å². The summed E-state index contributed by atoms with van der Waals surface area (Å²) in [5, 5.41) is 5.25. The largest absolute Gasteiger partial charge is 0.369 e. The summed E-state index contributed by atoms with van der Waals surface area (Å²) in [4.78, 5) is 11.6. The second-order valence-corrected chi connectivity index (χ2v) is 4.77. The van der Waals surface area contributed by atoms with Crippen molar-refractivity contribution in [2.75, 3.05) is 6.61 Å². The second kappa shape index (κ2) is 6.34. The first-order chi connectivity index (χ1) is 9.16. The summed E-state index contributed by atoms with van der Waals surface area (Å²) in [5.74, 6) is -0.0818. The van der Waals surface area contributed by atoms with Gasteiger partial charge < -0.3 is 10.1 Å². The Balaban J connectivity index is 2.00. The number of hydrogen-bond donors (Lipinski definition) is 1. The first-order valence-corrected chi connectivity index (χ1v) is 6.52. The molecule has 0 spiro atoms. The standard InChI is InChI=1S/C16H19NO2/c1-12(2)19-11-16(18)17-10-14-8-5-7-13-6-3-4-9-15(13)14/h3-9,12H,10-11H2,1-2H3,(H,17,18). The Kier molecular flexibility index (Phi) is 4.53. The van der Waals surface area contributed by atoms with Gasteiger partial charge in [0.05, 0.1) is 6.10 Å². The fourth-order valence-electron chi connectivity index (χ4n) is 1.93. The van der Waals surface area contributed by atoms with Crippen LogP contribution >= 0.6 is 0 Å². The number of hydrogen-bond acceptors (Lipinski definition) is 2. The van der Waals surface area contributed by atoms with Gasteiger partial charge in [0.25, 0.3) is 0 Å². The number of amides is 1. The van der Waals surface area contributed by atoms with Crippen LogP contribution in [0.4, 0.5) is 0 Å². The molecule has 0 aliphatic rings. The number of rotatable bonds is 5. The van der Waals surface area contributed by atoms with Crippen molar-refractivity contribution < 1.29 is 9.53 Å². The molecule has 0 fully saturated rings. The lowest BCUT2D eigenvalue weighted by atomic mass is 10.0. The maximum atomic E-state index is 11.6. The van der Waals surface area contributed by atoms with E-state index >= 15 is 0 Å². The van der Waals surface area contributed by atoms with E-state index in [0.29, 0.717) is 6.54 Å². The first-order valence-electron chi connectivity index (χ1n) is 6.52. The molecule has 0 aliphatic carbocycles. The number of benzene rings is 2. The molecule has 3 nitrogen and oxygen atoms in total. The highest BCUT2D eigenvalue weighted by atomic mass is 16.5. The Morgan fingerprint density at radius 3 is 2.68 bits per heavy atom. The molecule has 0 saturated carbocycles. The first kappa shape index (κ1) is 13.6. The van der Waals surface area contributed by atoms with Crippen LogP contribution in [0.15, 0.2) is 42.5 Å². The molecule has 0 aromatic heterocycles. The number of fused-ring (bicyclic) bond motifs is 1. The van der Waals surface area contributed by atoms with Crippen LogP contribution in [0.2, 0.25) is 0 Å². The Labute approximate surface area is 113 Å². The van der Waals surface area contributed by atoms with Gasteiger partial charge >= 0.3 is 0 Å². The topological polar surface area (TPSA) is 38.3 Å². The normalized spacial score (nSPS) is 10.9. The molecule has 19 heavy (non-hydrogen) atoms. The summed E-state index contributed by atoms with van der Waals surface area (Å²) in [7, 11) is 0. The molecule has 0 bridgehead atoms. The predicted octanol–water partition coefficient (Wildman–Crippen LogP) is 2.88. The summed E-state index contributed by atoms with van der Waals surface area (Å²) >= 11 is 0. The van der Waals surface area contributed by atoms with E-state index in [2.05, 4.69) is 23.5 Å². The van der Waals surface area contributed by atoms with Crippen molar-refractivity contribution in [2.24, 2.45) is 0 Å². The minimum atomic E-state index is -0.0818. The van der Waals surface area contributed by atoms with Gasteiger partial charge in [0, 0.05) is 6.54 Å². The van der Waals surface area contributed by atoms with Crippen LogP contribution in [0.5, 0.6) is 0 Å². The average Bonchev–Trinajstić information content (AvgIpc) is 2.42. The zero-order valence-corrected chi connectivity index (χ0v) is 11.3. The van der Waals surface area contributed by atoms with E-state index in [1.807, 2.05) is 38.1 Å². The molecule has 0 unspecified atom stereocenters. The zero-order valence-electron chi connectivity index (χ0n) is 11.3. The molecule has 0 atom stereocenters. The van der Waals surface area contributed by atoms with Crippen LogP contribution < -0.4 is 5.32 Å². The SMILES string of the molecule is CC(C)OCC(=O)NCc1cccc2ccccc12. The van der Waals surface area contributed by atoms with E-state index < -0.39 is 0 Å². The minimum absolute atomic E-state index is 0.0725. The van der Waals surface area contributed by atoms with Gasteiger partial charge in [0.2, 0.25) is 5.91 Å². The predicted molar refractivity (Wildman–Crippen MR) is 76.9 cm³/mol. The van der Waals surface area contributed by atoms with Crippen LogP contribution in [0, 0.1) is 0 Å². The van der Waals surface area contributed by atoms with Crippen molar-refractivity contribution in [1.29, 1.82) is 0 Å². The van der Waals surface area contributed by atoms with Gasteiger partial charge in [-0.25, -0.2) is 0 Å². The molecule has 1 N–H and O–H groups in total. The highest BCUT2D eigenvalue weighted by Gasteiger charge is 2.05. The van der Waals surface area contributed by atoms with Gasteiger partial charge in [-0.1, -0.05) is 42.5 Å². The zero-order chi connectivity index (χ0) is 13.7. The smallest absolute Gasteiger partial charge is 0.246 e. The average molecular weight is 257 g/mol. The summed E-state index contributed by atoms with van der Waals surface area (Å²) < 4.78 is 5.27. The van der Waals surface area contributed by atoms with Crippen molar-refractivity contribution >= 4 is 16.7 Å². The van der Waals surface area contributed by atoms with Gasteiger partial charge in [-0.05, 0) is 30.2 Å². The van der Waals surface area contributed by atoms with Crippen LogP contribution in [0.3, 0.4) is 0 Å². The number of ether oxygens (including phenoxy) is 1. The highest BCUT2D eigenvalue weighted by molar-refractivity contribution is 5.86. The fourth-order valence-corrected chi connectivity index (χ4v) is 1.93. The third-order valence-electron chi connectivity index (χ3n) is 2.90. The number of carbonyl (C=O) groups excluding carboxylic acids is 1. The lowest BCUT2D eigenvalue weighted by Crippen LogP contribution is -2.28. The quantitative estimate of drug-likeness (QED) is 0.894. The molecular weight excluding hydrogens is 238 g/mol. The summed E-state index contributed by atoms with van der Waals surface area (Å²) in [6.45, 7) is 4.47. The van der Waals surface area contributed by atoms with E-state index in [1.165, 1.54) is 10.8 Å². The third kappa shape index (κ3) is 3.80. The molecular formula is C16H19NO2. The maximum Gasteiger partial charge on any atom is 0.246 e. The summed E-state index contributed by atoms with van der Waals surface area (Å²) in [6.07, 6.45) is 0.0725. The molecule has 2 aromatic rings. The molecule has 2 aromatic carbocycles. The number of carbonyl (C=O) groups is 1. The molecule has 2 rings (SSSR count). The van der Waals surface area contributed by atoms with Gasteiger partial charge in [-0.15, -0.1) is 0 Å². The van der Waals surface area contributed by atoms with Crippen molar-refractivity contribution in [3.63, 3.8) is 0 Å². The molecule has 100 valence electrons. The van der Waals surface area contributed by atoms with Crippen molar-refractivity contribution in [3.8, 4) is 0 Å². The molecule has 0 aliphatic heterocycles. The van der Waals surface area contributed by atoms with Crippen molar-refractivity contribution in [2.45, 2.75) is 26.5 Å². The van der Waals surface area contributed by atoms with E-state index in [1.54, 1.807) is 0 Å². The van der Waals surface area contributed by atoms with Crippen LogP contribution in [0.25, 0.3) is 10.8 Å². The fraction of sp³-hybridized carbons (Fsp3) is 0.312. The number of nitrogens with one attached hydrogen (secondary N) is 1. The van der Waals surface area contributed by atoms with E-state index in [0.717, 1.165) is 5.56 Å². The van der Waals surface area contributed by atoms with Crippen molar-refractivity contribution in [3.05, 3.63) is 48.0 Å². The highest BCUT2D eigenvalue weighted by Crippen LogP contribution is 2.18. The van der Waals surface area contributed by atoms with Crippen LogP contribution in [0.1, 0.15) is 19.4 Å². The van der Waals surface area contributed by atoms with Crippen LogP contribution in [-0.2, 0) is 16.1 Å². The van der Waals surface area contributed by atoms with Gasteiger partial charge in [-0.2, -0.15) is 0 Å². The van der Waals surface area contributed by atoms with Crippen molar-refractivity contribution in [1.82, 2.24) is 5.32 Å². The summed E-state index contributed by atoms with van der Waals surface area (Å²) in [6, 6.07) is 14.3. The second-order valence-electron chi connectivity index (χ2n) is 4.77.